The molecule has 2 aromatic carbocycles. The summed E-state index contributed by atoms with van der Waals surface area (Å²) in [5.74, 6) is -1.95. The van der Waals surface area contributed by atoms with Gasteiger partial charge in [0.05, 0.1) is 5.56 Å². The molecule has 0 unspecified atom stereocenters. The van der Waals surface area contributed by atoms with Crippen molar-refractivity contribution in [1.82, 2.24) is 0 Å². The van der Waals surface area contributed by atoms with E-state index >= 15 is 0 Å². The molecule has 0 aromatic heterocycles. The molecule has 0 bridgehead atoms. The fourth-order valence-electron chi connectivity index (χ4n) is 1.71. The van der Waals surface area contributed by atoms with Crippen molar-refractivity contribution in [3.8, 4) is 5.75 Å². The minimum absolute atomic E-state index is 0.0398. The minimum Gasteiger partial charge on any atom is -0.507 e. The van der Waals surface area contributed by atoms with E-state index in [4.69, 9.17) is 0 Å². The summed E-state index contributed by atoms with van der Waals surface area (Å²) in [5, 5.41) is 9.55. The number of rotatable bonds is 4. The molecule has 102 valence electrons. The van der Waals surface area contributed by atoms with Crippen molar-refractivity contribution in [1.29, 1.82) is 0 Å². The predicted octanol–water partition coefficient (Wildman–Crippen LogP) is 4.31. The molecule has 0 atom stereocenters. The molecule has 4 heteroatoms. The van der Waals surface area contributed by atoms with Crippen molar-refractivity contribution in [2.45, 2.75) is 4.90 Å². The number of Topliss-reactive ketones (excluding diaryl/α,β-unsaturated/α-hetero) is 1. The maximum absolute atomic E-state index is 13.9. The summed E-state index contributed by atoms with van der Waals surface area (Å²) in [5.41, 5.74) is 0.561. The average Bonchev–Trinajstić information content (AvgIpc) is 2.48. The summed E-state index contributed by atoms with van der Waals surface area (Å²) in [4.78, 5) is 12.9. The summed E-state index contributed by atoms with van der Waals surface area (Å²) in [6.45, 7) is 0. The zero-order valence-corrected chi connectivity index (χ0v) is 11.7. The number of phenolic OH excluding ortho intramolecular Hbond substituents is 1. The lowest BCUT2D eigenvalue weighted by atomic mass is 10.1. The van der Waals surface area contributed by atoms with Crippen LogP contribution in [-0.2, 0) is 0 Å². The molecule has 2 rings (SSSR count). The first-order chi connectivity index (χ1) is 9.61. The molecular formula is C16H13FO2S. The summed E-state index contributed by atoms with van der Waals surface area (Å²) in [7, 11) is 0. The lowest BCUT2D eigenvalue weighted by molar-refractivity contribution is 0.100. The number of ketones is 1. The van der Waals surface area contributed by atoms with Crippen LogP contribution < -0.4 is 0 Å². The fraction of sp³-hybridized carbons (Fsp3) is 0.0625. The van der Waals surface area contributed by atoms with Gasteiger partial charge in [0.15, 0.2) is 5.83 Å². The van der Waals surface area contributed by atoms with Crippen LogP contribution in [0.25, 0.3) is 6.08 Å². The average molecular weight is 288 g/mol. The summed E-state index contributed by atoms with van der Waals surface area (Å²) < 4.78 is 13.9. The van der Waals surface area contributed by atoms with Gasteiger partial charge in [-0.3, -0.25) is 4.79 Å². The fourth-order valence-corrected chi connectivity index (χ4v) is 2.11. The van der Waals surface area contributed by atoms with E-state index < -0.39 is 11.6 Å². The lowest BCUT2D eigenvalue weighted by Gasteiger charge is -2.02. The Morgan fingerprint density at radius 1 is 1.15 bits per heavy atom. The molecule has 2 nitrogen and oxygen atoms in total. The zero-order chi connectivity index (χ0) is 14.5. The normalized spacial score (nSPS) is 11.4. The Hall–Kier alpha value is -2.07. The van der Waals surface area contributed by atoms with Crippen molar-refractivity contribution in [3.63, 3.8) is 0 Å². The maximum Gasteiger partial charge on any atom is 0.225 e. The number of thioether (sulfide) groups is 1. The van der Waals surface area contributed by atoms with Gasteiger partial charge >= 0.3 is 0 Å². The van der Waals surface area contributed by atoms with Crippen molar-refractivity contribution < 1.29 is 14.3 Å². The van der Waals surface area contributed by atoms with Gasteiger partial charge in [-0.15, -0.1) is 11.8 Å². The van der Waals surface area contributed by atoms with E-state index in [-0.39, 0.29) is 11.3 Å². The van der Waals surface area contributed by atoms with E-state index in [0.29, 0.717) is 5.56 Å². The molecule has 0 aliphatic heterocycles. The number of halogens is 1. The lowest BCUT2D eigenvalue weighted by Crippen LogP contribution is -1.99. The number of hydrogen-bond acceptors (Lipinski definition) is 3. The summed E-state index contributed by atoms with van der Waals surface area (Å²) in [6, 6.07) is 13.1. The van der Waals surface area contributed by atoms with Crippen LogP contribution in [0.1, 0.15) is 15.9 Å². The maximum atomic E-state index is 13.9. The van der Waals surface area contributed by atoms with E-state index in [1.54, 1.807) is 36.0 Å². The van der Waals surface area contributed by atoms with Crippen molar-refractivity contribution in [2.75, 3.05) is 6.26 Å². The molecule has 0 amide bonds. The van der Waals surface area contributed by atoms with Gasteiger partial charge in [0, 0.05) is 4.90 Å². The van der Waals surface area contributed by atoms with Crippen LogP contribution in [0.3, 0.4) is 0 Å². The second kappa shape index (κ2) is 6.39. The van der Waals surface area contributed by atoms with Crippen LogP contribution in [-0.4, -0.2) is 17.1 Å². The van der Waals surface area contributed by atoms with E-state index in [0.717, 1.165) is 4.90 Å². The second-order valence-electron chi connectivity index (χ2n) is 4.11. The molecular weight excluding hydrogens is 275 g/mol. The SMILES string of the molecule is CSc1ccc(C=C(F)C(=O)c2ccccc2O)cc1. The molecule has 0 heterocycles. The van der Waals surface area contributed by atoms with Crippen molar-refractivity contribution >= 4 is 23.6 Å². The van der Waals surface area contributed by atoms with Gasteiger partial charge in [0.25, 0.3) is 0 Å². The number of para-hydroxylation sites is 1. The topological polar surface area (TPSA) is 37.3 Å². The Labute approximate surface area is 121 Å². The van der Waals surface area contributed by atoms with Gasteiger partial charge in [0.2, 0.25) is 5.78 Å². The van der Waals surface area contributed by atoms with Crippen LogP contribution in [0, 0.1) is 0 Å². The highest BCUT2D eigenvalue weighted by molar-refractivity contribution is 7.98. The van der Waals surface area contributed by atoms with Crippen molar-refractivity contribution in [2.24, 2.45) is 0 Å². The molecule has 0 spiro atoms. The number of hydrogen-bond donors (Lipinski definition) is 1. The van der Waals surface area contributed by atoms with E-state index in [9.17, 15) is 14.3 Å². The van der Waals surface area contributed by atoms with Gasteiger partial charge < -0.3 is 5.11 Å². The molecule has 0 fully saturated rings. The van der Waals surface area contributed by atoms with Crippen LogP contribution in [0.4, 0.5) is 4.39 Å². The number of phenols is 1. The first-order valence-corrected chi connectivity index (χ1v) is 7.18. The Bertz CT molecular complexity index is 648. The number of benzene rings is 2. The van der Waals surface area contributed by atoms with E-state index in [2.05, 4.69) is 0 Å². The predicted molar refractivity (Wildman–Crippen MR) is 79.7 cm³/mol. The molecule has 0 aliphatic rings. The minimum atomic E-state index is -0.900. The molecule has 0 radical (unpaired) electrons. The van der Waals surface area contributed by atoms with Crippen LogP contribution >= 0.6 is 11.8 Å². The standard InChI is InChI=1S/C16H13FO2S/c1-20-12-8-6-11(7-9-12)10-14(17)16(19)13-4-2-3-5-15(13)18/h2-10,18H,1H3. The monoisotopic (exact) mass is 288 g/mol. The molecule has 20 heavy (non-hydrogen) atoms. The van der Waals surface area contributed by atoms with Crippen molar-refractivity contribution in [3.05, 3.63) is 65.5 Å². The Morgan fingerprint density at radius 2 is 1.80 bits per heavy atom. The smallest absolute Gasteiger partial charge is 0.225 e. The summed E-state index contributed by atoms with van der Waals surface area (Å²) >= 11 is 1.59. The first kappa shape index (κ1) is 14.3. The first-order valence-electron chi connectivity index (χ1n) is 5.96. The highest BCUT2D eigenvalue weighted by atomic mass is 32.2. The zero-order valence-electron chi connectivity index (χ0n) is 10.8. The van der Waals surface area contributed by atoms with Gasteiger partial charge in [0.1, 0.15) is 5.75 Å². The second-order valence-corrected chi connectivity index (χ2v) is 4.99. The molecule has 0 saturated carbocycles. The number of carbonyl (C=O) groups excluding carboxylic acids is 1. The Kier molecular flexibility index (Phi) is 4.58. The highest BCUT2D eigenvalue weighted by Gasteiger charge is 2.15. The van der Waals surface area contributed by atoms with E-state index in [1.165, 1.54) is 18.2 Å². The van der Waals surface area contributed by atoms with Crippen LogP contribution in [0.15, 0.2) is 59.3 Å². The number of carbonyl (C=O) groups is 1. The Morgan fingerprint density at radius 3 is 2.40 bits per heavy atom. The van der Waals surface area contributed by atoms with Gasteiger partial charge in [-0.1, -0.05) is 24.3 Å². The third kappa shape index (κ3) is 3.27. The van der Waals surface area contributed by atoms with Crippen LogP contribution in [0.2, 0.25) is 0 Å². The molecule has 0 saturated heterocycles. The van der Waals surface area contributed by atoms with Crippen LogP contribution in [0.5, 0.6) is 5.75 Å². The Balaban J connectivity index is 2.25. The third-order valence-corrected chi connectivity index (χ3v) is 3.52. The van der Waals surface area contributed by atoms with Gasteiger partial charge in [-0.2, -0.15) is 0 Å². The number of aromatic hydroxyl groups is 1. The summed E-state index contributed by atoms with van der Waals surface area (Å²) in [6.07, 6.45) is 3.12. The van der Waals surface area contributed by atoms with Gasteiger partial charge in [-0.05, 0) is 42.2 Å². The number of allylic oxidation sites excluding steroid dienone is 1. The largest absolute Gasteiger partial charge is 0.507 e. The third-order valence-electron chi connectivity index (χ3n) is 2.77. The van der Waals surface area contributed by atoms with E-state index in [1.807, 2.05) is 18.4 Å². The highest BCUT2D eigenvalue weighted by Crippen LogP contribution is 2.22. The van der Waals surface area contributed by atoms with Gasteiger partial charge in [-0.25, -0.2) is 4.39 Å². The molecule has 1 N–H and O–H groups in total. The molecule has 0 aliphatic carbocycles. The molecule has 2 aromatic rings. The quantitative estimate of drug-likeness (QED) is 0.517.